The summed E-state index contributed by atoms with van der Waals surface area (Å²) in [5.41, 5.74) is 7.98. The lowest BCUT2D eigenvalue weighted by Crippen LogP contribution is -2.34. The molecule has 164 valence electrons. The Hall–Kier alpha value is -2.38. The van der Waals surface area contributed by atoms with E-state index in [1.54, 1.807) is 0 Å². The molecule has 31 heavy (non-hydrogen) atoms. The molecule has 2 amide bonds. The number of thiol groups is 1. The molecule has 1 fully saturated rings. The van der Waals surface area contributed by atoms with Crippen LogP contribution in [0.3, 0.4) is 0 Å². The number of nitrogens with zero attached hydrogens (tertiary/aromatic N) is 1. The molecule has 0 aromatic heterocycles. The van der Waals surface area contributed by atoms with Crippen LogP contribution in [0.15, 0.2) is 34.7 Å². The Kier molecular flexibility index (Phi) is 5.96. The summed E-state index contributed by atoms with van der Waals surface area (Å²) in [6.45, 7) is 0.791. The maximum absolute atomic E-state index is 12.6. The van der Waals surface area contributed by atoms with Gasteiger partial charge >= 0.3 is 6.03 Å². The van der Waals surface area contributed by atoms with Crippen LogP contribution in [0.5, 0.6) is 0 Å². The number of rotatable bonds is 6. The molecule has 1 unspecified atom stereocenters. The smallest absolute Gasteiger partial charge is 0.310 e. The Morgan fingerprint density at radius 1 is 1.00 bits per heavy atom. The van der Waals surface area contributed by atoms with Crippen LogP contribution >= 0.6 is 0 Å². The minimum absolute atomic E-state index is 0.536. The quantitative estimate of drug-likeness (QED) is 0.500. The minimum Gasteiger partial charge on any atom is -0.310 e. The van der Waals surface area contributed by atoms with Crippen molar-refractivity contribution in [2.45, 2.75) is 70.4 Å². The number of aryl methyl sites for hydroxylation is 2. The van der Waals surface area contributed by atoms with Gasteiger partial charge in [0.15, 0.2) is 0 Å². The highest BCUT2D eigenvalue weighted by Gasteiger charge is 2.25. The summed E-state index contributed by atoms with van der Waals surface area (Å²) in [5, 5.41) is 6.51. The Morgan fingerprint density at radius 2 is 1.74 bits per heavy atom. The number of hydrogen-bond acceptors (Lipinski definition) is 3. The highest BCUT2D eigenvalue weighted by molar-refractivity contribution is 7.76. The van der Waals surface area contributed by atoms with E-state index in [4.69, 9.17) is 0 Å². The van der Waals surface area contributed by atoms with Gasteiger partial charge in [0.05, 0.1) is 0 Å². The van der Waals surface area contributed by atoms with Gasteiger partial charge in [-0.3, -0.25) is 0 Å². The summed E-state index contributed by atoms with van der Waals surface area (Å²) in [6.07, 6.45) is 10.2. The lowest BCUT2D eigenvalue weighted by atomic mass is 9.93. The largest absolute Gasteiger partial charge is 0.354 e. The van der Waals surface area contributed by atoms with Crippen molar-refractivity contribution in [1.29, 1.82) is 0 Å². The zero-order valence-electron chi connectivity index (χ0n) is 17.7. The van der Waals surface area contributed by atoms with Crippen molar-refractivity contribution in [2.75, 3.05) is 10.0 Å². The number of carbonyl (C=O) groups excluding carboxylic acids is 1. The number of amides is 2. The van der Waals surface area contributed by atoms with Crippen molar-refractivity contribution in [3.8, 4) is 0 Å². The number of nitrogens with one attached hydrogen (secondary N) is 3. The topological polar surface area (TPSA) is 82.6 Å². The van der Waals surface area contributed by atoms with Crippen LogP contribution in [0.25, 0.3) is 0 Å². The second-order valence-corrected chi connectivity index (χ2v) is 9.83. The highest BCUT2D eigenvalue weighted by atomic mass is 32.2. The van der Waals surface area contributed by atoms with Gasteiger partial charge in [-0.2, -0.15) is 0 Å². The fourth-order valence-electron chi connectivity index (χ4n) is 4.94. The monoisotopic (exact) mass is 438 g/mol. The molecule has 0 radical (unpaired) electrons. The van der Waals surface area contributed by atoms with Crippen molar-refractivity contribution < 1.29 is 9.00 Å². The standard InChI is InChI=1S/C24H30N4O2S/c29-24(26-23-21-11-2-6-17(21)14-18-7-3-12-22(18)23)28-31(30)27-20-10-1-5-16(13-20)15-25-19-8-4-9-19/h1,5,10,13-14,19,25,31H,2-4,6-9,11-12,15H2,(H2,26,27,28,29,30). The van der Waals surface area contributed by atoms with Crippen molar-refractivity contribution in [1.82, 2.24) is 5.32 Å². The third-order valence-electron chi connectivity index (χ3n) is 6.74. The van der Waals surface area contributed by atoms with Gasteiger partial charge in [-0.25, -0.2) is 9.00 Å². The maximum Gasteiger partial charge on any atom is 0.354 e. The Bertz CT molecular complexity index is 1050. The zero-order valence-corrected chi connectivity index (χ0v) is 18.6. The average molecular weight is 439 g/mol. The fourth-order valence-corrected chi connectivity index (χ4v) is 5.57. The Balaban J connectivity index is 1.25. The van der Waals surface area contributed by atoms with Gasteiger partial charge in [-0.05, 0) is 91.3 Å². The molecule has 2 aromatic rings. The van der Waals surface area contributed by atoms with E-state index >= 15 is 0 Å². The van der Waals surface area contributed by atoms with Gasteiger partial charge in [0.2, 0.25) is 0 Å². The van der Waals surface area contributed by atoms with E-state index in [0.29, 0.717) is 11.7 Å². The number of urea groups is 1. The molecule has 0 heterocycles. The molecule has 0 saturated heterocycles. The first kappa shape index (κ1) is 20.5. The first-order valence-electron chi connectivity index (χ1n) is 11.4. The molecule has 3 aliphatic rings. The van der Waals surface area contributed by atoms with E-state index in [2.05, 4.69) is 25.8 Å². The van der Waals surface area contributed by atoms with Gasteiger partial charge in [0, 0.05) is 24.0 Å². The van der Waals surface area contributed by atoms with Gasteiger partial charge in [0.1, 0.15) is 10.8 Å². The van der Waals surface area contributed by atoms with Gasteiger partial charge in [0.25, 0.3) is 0 Å². The van der Waals surface area contributed by atoms with Crippen LogP contribution in [0.2, 0.25) is 0 Å². The molecule has 7 heteroatoms. The number of benzene rings is 2. The second-order valence-electron chi connectivity index (χ2n) is 8.86. The third-order valence-corrected chi connectivity index (χ3v) is 7.55. The van der Waals surface area contributed by atoms with Gasteiger partial charge < -0.3 is 15.4 Å². The van der Waals surface area contributed by atoms with Crippen molar-refractivity contribution in [3.63, 3.8) is 0 Å². The molecule has 0 aliphatic heterocycles. The van der Waals surface area contributed by atoms with E-state index in [1.165, 1.54) is 41.5 Å². The molecular weight excluding hydrogens is 408 g/mol. The molecule has 1 saturated carbocycles. The van der Waals surface area contributed by atoms with E-state index in [9.17, 15) is 9.00 Å². The fraction of sp³-hybridized carbons (Fsp3) is 0.458. The van der Waals surface area contributed by atoms with E-state index < -0.39 is 16.8 Å². The van der Waals surface area contributed by atoms with Crippen LogP contribution in [0.4, 0.5) is 16.2 Å². The molecule has 0 bridgehead atoms. The number of fused-ring (bicyclic) bond motifs is 2. The summed E-state index contributed by atoms with van der Waals surface area (Å²) in [5.74, 6) is 0. The number of carbonyl (C=O) groups is 1. The summed E-state index contributed by atoms with van der Waals surface area (Å²) in [4.78, 5) is 12.6. The normalized spacial score (nSPS) is 18.3. The lowest BCUT2D eigenvalue weighted by molar-refractivity contribution is 0.260. The Morgan fingerprint density at radius 3 is 2.42 bits per heavy atom. The maximum atomic E-state index is 12.6. The van der Waals surface area contributed by atoms with E-state index in [0.717, 1.165) is 56.3 Å². The average Bonchev–Trinajstić information content (AvgIpc) is 3.36. The summed E-state index contributed by atoms with van der Waals surface area (Å²) >= 11 is 0. The lowest BCUT2D eigenvalue weighted by Gasteiger charge is -2.26. The first-order chi connectivity index (χ1) is 15.2. The number of hydrogen-bond donors (Lipinski definition) is 4. The molecule has 1 atom stereocenters. The molecule has 3 aliphatic carbocycles. The first-order valence-corrected chi connectivity index (χ1v) is 12.6. The molecule has 0 spiro atoms. The van der Waals surface area contributed by atoms with Gasteiger partial charge in [-0.1, -0.05) is 24.6 Å². The molecule has 3 N–H and O–H groups in total. The predicted molar refractivity (Wildman–Crippen MR) is 126 cm³/mol. The second kappa shape index (κ2) is 9.01. The van der Waals surface area contributed by atoms with Crippen LogP contribution < -0.4 is 15.4 Å². The molecular formula is C24H30N4O2S. The van der Waals surface area contributed by atoms with Crippen LogP contribution in [-0.4, -0.2) is 16.3 Å². The number of anilines is 2. The SMILES string of the molecule is O=C(/N=[SH](=O)\Nc1cccc(CNC2CCC2)c1)Nc1c2c(cc3c1CCC3)CCC2. The summed E-state index contributed by atoms with van der Waals surface area (Å²) < 4.78 is 19.3. The van der Waals surface area contributed by atoms with Crippen LogP contribution in [-0.2, 0) is 43.0 Å². The predicted octanol–water partition coefficient (Wildman–Crippen LogP) is 4.53. The van der Waals surface area contributed by atoms with E-state index in [-0.39, 0.29) is 0 Å². The summed E-state index contributed by atoms with van der Waals surface area (Å²) in [7, 11) is -2.24. The summed E-state index contributed by atoms with van der Waals surface area (Å²) in [6, 6.07) is 10.2. The van der Waals surface area contributed by atoms with E-state index in [1.807, 2.05) is 24.3 Å². The highest BCUT2D eigenvalue weighted by Crippen LogP contribution is 2.38. The van der Waals surface area contributed by atoms with Crippen LogP contribution in [0.1, 0.15) is 59.9 Å². The Labute approximate surface area is 185 Å². The molecule has 5 rings (SSSR count). The van der Waals surface area contributed by atoms with Gasteiger partial charge in [-0.15, -0.1) is 4.36 Å². The third kappa shape index (κ3) is 4.62. The van der Waals surface area contributed by atoms with Crippen LogP contribution in [0, 0.1) is 0 Å². The van der Waals surface area contributed by atoms with Crippen molar-refractivity contribution >= 4 is 28.2 Å². The minimum atomic E-state index is -2.24. The van der Waals surface area contributed by atoms with Crippen molar-refractivity contribution in [2.24, 2.45) is 4.36 Å². The zero-order chi connectivity index (χ0) is 21.2. The van der Waals surface area contributed by atoms with Crippen molar-refractivity contribution in [3.05, 3.63) is 58.1 Å². The molecule has 6 nitrogen and oxygen atoms in total. The molecule has 2 aromatic carbocycles.